The monoisotopic (exact) mass is 567 g/mol. The van der Waals surface area contributed by atoms with E-state index in [1.165, 1.54) is 18.4 Å². The van der Waals surface area contributed by atoms with E-state index in [9.17, 15) is 0 Å². The third-order valence-electron chi connectivity index (χ3n) is 6.26. The highest BCUT2D eigenvalue weighted by atomic mass is 127. The maximum atomic E-state index is 5.47. The Balaban J connectivity index is 0.00000306. The third kappa shape index (κ3) is 8.59. The number of furan rings is 1. The van der Waals surface area contributed by atoms with Crippen LogP contribution in [0, 0.1) is 0 Å². The van der Waals surface area contributed by atoms with Crippen LogP contribution in [0.15, 0.2) is 58.1 Å². The zero-order valence-electron chi connectivity index (χ0n) is 19.5. The number of nitrogens with zero attached hydrogens (tertiary/aromatic N) is 3. The Morgan fingerprint density at radius 2 is 1.70 bits per heavy atom. The predicted molar refractivity (Wildman–Crippen MR) is 143 cm³/mol. The van der Waals surface area contributed by atoms with Crippen LogP contribution in [0.3, 0.4) is 0 Å². The van der Waals surface area contributed by atoms with Crippen molar-refractivity contribution in [3.63, 3.8) is 0 Å². The molecule has 3 heterocycles. The van der Waals surface area contributed by atoms with Crippen molar-refractivity contribution >= 4 is 29.9 Å². The summed E-state index contributed by atoms with van der Waals surface area (Å²) in [7, 11) is 0. The summed E-state index contributed by atoms with van der Waals surface area (Å²) in [5, 5.41) is 7.06. The molecule has 1 unspecified atom stereocenters. The molecular formula is C25H38IN5O2. The van der Waals surface area contributed by atoms with Gasteiger partial charge >= 0.3 is 0 Å². The SMILES string of the molecule is I.c1ccc(C(CN=C(NCCc2ccco2)NCCN2CCOCC2)N2CCCC2)cc1. The summed E-state index contributed by atoms with van der Waals surface area (Å²) >= 11 is 0. The van der Waals surface area contributed by atoms with Crippen LogP contribution in [0.5, 0.6) is 0 Å². The van der Waals surface area contributed by atoms with E-state index in [0.717, 1.165) is 83.7 Å². The van der Waals surface area contributed by atoms with Gasteiger partial charge in [-0.1, -0.05) is 30.3 Å². The van der Waals surface area contributed by atoms with Crippen molar-refractivity contribution in [3.8, 4) is 0 Å². The van der Waals surface area contributed by atoms with Crippen LogP contribution < -0.4 is 10.6 Å². The standard InChI is InChI=1S/C25H37N5O2.HI/c1-2-7-22(8-3-1)24(30-13-4-5-14-30)21-28-25(26-11-10-23-9-6-18-32-23)27-12-15-29-16-19-31-20-17-29;/h1-3,6-9,18,24H,4-5,10-17,19-21H2,(H2,26,27,28);1H. The topological polar surface area (TPSA) is 65.3 Å². The van der Waals surface area contributed by atoms with Gasteiger partial charge in [-0.15, -0.1) is 24.0 Å². The Labute approximate surface area is 215 Å². The van der Waals surface area contributed by atoms with Gasteiger partial charge in [0.05, 0.1) is 32.1 Å². The molecule has 0 bridgehead atoms. The summed E-state index contributed by atoms with van der Waals surface area (Å²) in [5.41, 5.74) is 1.35. The Morgan fingerprint density at radius 1 is 0.939 bits per heavy atom. The van der Waals surface area contributed by atoms with Crippen molar-refractivity contribution in [2.45, 2.75) is 25.3 Å². The molecule has 2 aromatic rings. The van der Waals surface area contributed by atoms with Gasteiger partial charge in [-0.3, -0.25) is 14.8 Å². The number of morpholine rings is 1. The molecule has 8 heteroatoms. The quantitative estimate of drug-likeness (QED) is 0.262. The highest BCUT2D eigenvalue weighted by molar-refractivity contribution is 14.0. The lowest BCUT2D eigenvalue weighted by atomic mass is 10.1. The summed E-state index contributed by atoms with van der Waals surface area (Å²) in [4.78, 5) is 10.0. The van der Waals surface area contributed by atoms with Crippen molar-refractivity contribution in [2.24, 2.45) is 4.99 Å². The third-order valence-corrected chi connectivity index (χ3v) is 6.26. The lowest BCUT2D eigenvalue weighted by molar-refractivity contribution is 0.0389. The number of ether oxygens (including phenoxy) is 1. The number of rotatable bonds is 10. The number of guanidine groups is 1. The molecular weight excluding hydrogens is 529 g/mol. The van der Waals surface area contributed by atoms with Gasteiger partial charge in [-0.25, -0.2) is 0 Å². The first-order valence-electron chi connectivity index (χ1n) is 12.0. The Hall–Kier alpha value is -1.62. The first kappa shape index (κ1) is 26.0. The van der Waals surface area contributed by atoms with Gasteiger partial charge in [-0.2, -0.15) is 0 Å². The van der Waals surface area contributed by atoms with Crippen LogP contribution in [-0.4, -0.2) is 81.3 Å². The van der Waals surface area contributed by atoms with Crippen molar-refractivity contribution in [1.82, 2.24) is 20.4 Å². The van der Waals surface area contributed by atoms with Gasteiger partial charge in [0, 0.05) is 39.1 Å². The molecule has 1 aromatic heterocycles. The number of halogens is 1. The Bertz CT molecular complexity index is 790. The number of likely N-dealkylation sites (tertiary alicyclic amines) is 1. The highest BCUT2D eigenvalue weighted by Crippen LogP contribution is 2.25. The molecule has 2 aliphatic rings. The predicted octanol–water partition coefficient (Wildman–Crippen LogP) is 3.14. The molecule has 2 fully saturated rings. The van der Waals surface area contributed by atoms with Crippen LogP contribution >= 0.6 is 24.0 Å². The van der Waals surface area contributed by atoms with Crippen molar-refractivity contribution < 1.29 is 9.15 Å². The average Bonchev–Trinajstić information content (AvgIpc) is 3.55. The van der Waals surface area contributed by atoms with Gasteiger partial charge < -0.3 is 19.8 Å². The summed E-state index contributed by atoms with van der Waals surface area (Å²) in [6.45, 7) is 9.38. The average molecular weight is 568 g/mol. The Kier molecular flexibility index (Phi) is 11.5. The van der Waals surface area contributed by atoms with Gasteiger partial charge in [-0.05, 0) is 43.6 Å². The maximum absolute atomic E-state index is 5.47. The van der Waals surface area contributed by atoms with E-state index in [1.807, 2.05) is 12.1 Å². The van der Waals surface area contributed by atoms with Crippen molar-refractivity contribution in [3.05, 3.63) is 60.1 Å². The van der Waals surface area contributed by atoms with Crippen LogP contribution in [0.1, 0.15) is 30.2 Å². The maximum Gasteiger partial charge on any atom is 0.191 e. The number of benzene rings is 1. The molecule has 0 saturated carbocycles. The van der Waals surface area contributed by atoms with Crippen LogP contribution in [0.25, 0.3) is 0 Å². The van der Waals surface area contributed by atoms with Crippen molar-refractivity contribution in [1.29, 1.82) is 0 Å². The summed E-state index contributed by atoms with van der Waals surface area (Å²) < 4.78 is 10.9. The van der Waals surface area contributed by atoms with E-state index < -0.39 is 0 Å². The van der Waals surface area contributed by atoms with Crippen LogP contribution in [0.4, 0.5) is 0 Å². The van der Waals surface area contributed by atoms with E-state index in [0.29, 0.717) is 6.04 Å². The minimum Gasteiger partial charge on any atom is -0.469 e. The number of aliphatic imine (C=N–C) groups is 1. The van der Waals surface area contributed by atoms with Crippen LogP contribution in [-0.2, 0) is 11.2 Å². The fourth-order valence-electron chi connectivity index (χ4n) is 4.43. The molecule has 0 spiro atoms. The molecule has 0 radical (unpaired) electrons. The van der Waals surface area contributed by atoms with E-state index >= 15 is 0 Å². The summed E-state index contributed by atoms with van der Waals surface area (Å²) in [6, 6.07) is 15.1. The van der Waals surface area contributed by atoms with E-state index in [1.54, 1.807) is 6.26 Å². The Morgan fingerprint density at radius 3 is 2.42 bits per heavy atom. The molecule has 182 valence electrons. The molecule has 1 atom stereocenters. The van der Waals surface area contributed by atoms with E-state index in [-0.39, 0.29) is 24.0 Å². The second-order valence-corrected chi connectivity index (χ2v) is 8.50. The molecule has 0 aliphatic carbocycles. The zero-order chi connectivity index (χ0) is 21.8. The second kappa shape index (κ2) is 14.6. The molecule has 7 nitrogen and oxygen atoms in total. The summed E-state index contributed by atoms with van der Waals surface area (Å²) in [5.74, 6) is 1.87. The minimum absolute atomic E-state index is 0. The number of hydrogen-bond acceptors (Lipinski definition) is 5. The zero-order valence-corrected chi connectivity index (χ0v) is 21.8. The number of hydrogen-bond donors (Lipinski definition) is 2. The molecule has 33 heavy (non-hydrogen) atoms. The molecule has 1 aromatic carbocycles. The molecule has 4 rings (SSSR count). The van der Waals surface area contributed by atoms with Gasteiger partial charge in [0.2, 0.25) is 0 Å². The van der Waals surface area contributed by atoms with Gasteiger partial charge in [0.15, 0.2) is 5.96 Å². The first-order chi connectivity index (χ1) is 15.9. The number of nitrogens with one attached hydrogen (secondary N) is 2. The lowest BCUT2D eigenvalue weighted by Gasteiger charge is -2.28. The van der Waals surface area contributed by atoms with E-state index in [4.69, 9.17) is 14.1 Å². The molecule has 2 N–H and O–H groups in total. The van der Waals surface area contributed by atoms with Crippen molar-refractivity contribution in [2.75, 3.05) is 65.6 Å². The second-order valence-electron chi connectivity index (χ2n) is 8.50. The lowest BCUT2D eigenvalue weighted by Crippen LogP contribution is -2.45. The summed E-state index contributed by atoms with van der Waals surface area (Å²) in [6.07, 6.45) is 5.12. The first-order valence-corrected chi connectivity index (χ1v) is 12.0. The molecule has 2 aliphatic heterocycles. The smallest absolute Gasteiger partial charge is 0.191 e. The van der Waals surface area contributed by atoms with Crippen LogP contribution in [0.2, 0.25) is 0 Å². The van der Waals surface area contributed by atoms with Gasteiger partial charge in [0.1, 0.15) is 5.76 Å². The van der Waals surface area contributed by atoms with Gasteiger partial charge in [0.25, 0.3) is 0 Å². The fraction of sp³-hybridized carbons (Fsp3) is 0.560. The highest BCUT2D eigenvalue weighted by Gasteiger charge is 2.23. The molecule has 0 amide bonds. The fourth-order valence-corrected chi connectivity index (χ4v) is 4.43. The largest absolute Gasteiger partial charge is 0.469 e. The normalized spacial score (nSPS) is 18.6. The molecule has 2 saturated heterocycles. The van der Waals surface area contributed by atoms with E-state index in [2.05, 4.69) is 50.8 Å². The minimum atomic E-state index is 0.